The molecule has 1 aliphatic heterocycles. The van der Waals surface area contributed by atoms with E-state index in [0.717, 1.165) is 23.2 Å². The number of hydrogen-bond acceptors (Lipinski definition) is 4. The van der Waals surface area contributed by atoms with Gasteiger partial charge in [0.05, 0.1) is 29.4 Å². The SMILES string of the molecule is COC(=O)c1ccc(Cl)c2c1C1C=CCC1[C@@H](c1cccnc1)N2. The summed E-state index contributed by atoms with van der Waals surface area (Å²) in [7, 11) is 1.40. The number of nitrogens with zero attached hydrogens (tertiary/aromatic N) is 1. The summed E-state index contributed by atoms with van der Waals surface area (Å²) >= 11 is 6.45. The molecule has 0 spiro atoms. The summed E-state index contributed by atoms with van der Waals surface area (Å²) < 4.78 is 4.96. The van der Waals surface area contributed by atoms with Gasteiger partial charge in [-0.2, -0.15) is 0 Å². The summed E-state index contributed by atoms with van der Waals surface area (Å²) in [6, 6.07) is 7.62. The van der Waals surface area contributed by atoms with Crippen molar-refractivity contribution in [3.05, 3.63) is 70.5 Å². The van der Waals surface area contributed by atoms with Crippen LogP contribution in [0.5, 0.6) is 0 Å². The molecule has 5 heteroatoms. The molecule has 2 unspecified atom stereocenters. The number of allylic oxidation sites excluding steroid dienone is 2. The Balaban J connectivity index is 1.87. The topological polar surface area (TPSA) is 51.2 Å². The molecule has 4 nitrogen and oxygen atoms in total. The summed E-state index contributed by atoms with van der Waals surface area (Å²) in [6.07, 6.45) is 8.96. The van der Waals surface area contributed by atoms with Crippen LogP contribution in [0.25, 0.3) is 0 Å². The third-order valence-corrected chi connectivity index (χ3v) is 5.23. The van der Waals surface area contributed by atoms with Crippen molar-refractivity contribution < 1.29 is 9.53 Å². The lowest BCUT2D eigenvalue weighted by Crippen LogP contribution is -2.30. The Labute approximate surface area is 145 Å². The molecule has 0 bridgehead atoms. The smallest absolute Gasteiger partial charge is 0.338 e. The molecule has 0 saturated carbocycles. The average Bonchev–Trinajstić information content (AvgIpc) is 3.11. The van der Waals surface area contributed by atoms with Crippen LogP contribution < -0.4 is 5.32 Å². The second-order valence-electron chi connectivity index (χ2n) is 6.14. The van der Waals surface area contributed by atoms with Gasteiger partial charge in [-0.05, 0) is 41.7 Å². The van der Waals surface area contributed by atoms with Crippen LogP contribution in [-0.4, -0.2) is 18.1 Å². The van der Waals surface area contributed by atoms with Crippen molar-refractivity contribution in [2.45, 2.75) is 18.4 Å². The summed E-state index contributed by atoms with van der Waals surface area (Å²) in [5.41, 5.74) is 3.46. The van der Waals surface area contributed by atoms with Crippen molar-refractivity contribution in [1.82, 2.24) is 4.98 Å². The molecule has 1 N–H and O–H groups in total. The molecule has 1 aromatic carbocycles. The number of rotatable bonds is 2. The number of carbonyl (C=O) groups excluding carboxylic acids is 1. The Morgan fingerprint density at radius 1 is 1.38 bits per heavy atom. The fraction of sp³-hybridized carbons (Fsp3) is 0.263. The van der Waals surface area contributed by atoms with Crippen molar-refractivity contribution in [2.24, 2.45) is 5.92 Å². The van der Waals surface area contributed by atoms with Gasteiger partial charge in [0, 0.05) is 18.3 Å². The number of methoxy groups -OCH3 is 1. The third kappa shape index (κ3) is 2.29. The van der Waals surface area contributed by atoms with Gasteiger partial charge in [0.2, 0.25) is 0 Å². The van der Waals surface area contributed by atoms with E-state index in [1.54, 1.807) is 18.3 Å². The van der Waals surface area contributed by atoms with Gasteiger partial charge in [-0.3, -0.25) is 4.98 Å². The lowest BCUT2D eigenvalue weighted by molar-refractivity contribution is 0.0598. The van der Waals surface area contributed by atoms with Gasteiger partial charge in [0.1, 0.15) is 0 Å². The molecule has 122 valence electrons. The van der Waals surface area contributed by atoms with Gasteiger partial charge in [0.25, 0.3) is 0 Å². The van der Waals surface area contributed by atoms with Gasteiger partial charge >= 0.3 is 5.97 Å². The van der Waals surface area contributed by atoms with Gasteiger partial charge in [-0.15, -0.1) is 0 Å². The maximum Gasteiger partial charge on any atom is 0.338 e. The van der Waals surface area contributed by atoms with Crippen LogP contribution in [0, 0.1) is 5.92 Å². The fourth-order valence-electron chi connectivity index (χ4n) is 3.85. The summed E-state index contributed by atoms with van der Waals surface area (Å²) in [4.78, 5) is 16.5. The molecular formula is C19H17ClN2O2. The Kier molecular flexibility index (Phi) is 3.77. The predicted octanol–water partition coefficient (Wildman–Crippen LogP) is 4.35. The van der Waals surface area contributed by atoms with Gasteiger partial charge < -0.3 is 10.1 Å². The number of anilines is 1. The highest BCUT2D eigenvalue weighted by Gasteiger charge is 2.41. The molecule has 0 saturated heterocycles. The van der Waals surface area contributed by atoms with Crippen LogP contribution in [0.15, 0.2) is 48.8 Å². The van der Waals surface area contributed by atoms with Crippen LogP contribution in [0.2, 0.25) is 5.02 Å². The number of carbonyl (C=O) groups is 1. The lowest BCUT2D eigenvalue weighted by atomic mass is 9.75. The Morgan fingerprint density at radius 2 is 2.25 bits per heavy atom. The van der Waals surface area contributed by atoms with E-state index in [1.165, 1.54) is 7.11 Å². The number of fused-ring (bicyclic) bond motifs is 3. The number of benzene rings is 1. The largest absolute Gasteiger partial charge is 0.465 e. The zero-order valence-electron chi connectivity index (χ0n) is 13.2. The van der Waals surface area contributed by atoms with Gasteiger partial charge in [-0.1, -0.05) is 29.8 Å². The first-order valence-electron chi connectivity index (χ1n) is 7.94. The normalized spacial score (nSPS) is 24.0. The number of hydrogen-bond donors (Lipinski definition) is 1. The maximum absolute atomic E-state index is 12.2. The second kappa shape index (κ2) is 5.95. The molecule has 1 aliphatic carbocycles. The number of ether oxygens (including phenoxy) is 1. The first kappa shape index (κ1) is 15.2. The van der Waals surface area contributed by atoms with Crippen LogP contribution in [0.3, 0.4) is 0 Å². The zero-order chi connectivity index (χ0) is 16.7. The third-order valence-electron chi connectivity index (χ3n) is 4.92. The Hall–Kier alpha value is -2.33. The molecule has 3 atom stereocenters. The van der Waals surface area contributed by atoms with E-state index in [9.17, 15) is 4.79 Å². The van der Waals surface area contributed by atoms with Crippen molar-refractivity contribution in [3.8, 4) is 0 Å². The molecule has 2 aliphatic rings. The first-order chi connectivity index (χ1) is 11.7. The lowest BCUT2D eigenvalue weighted by Gasteiger charge is -2.38. The van der Waals surface area contributed by atoms with Crippen LogP contribution >= 0.6 is 11.6 Å². The number of halogens is 1. The van der Waals surface area contributed by atoms with Gasteiger partial charge in [-0.25, -0.2) is 4.79 Å². The Morgan fingerprint density at radius 3 is 3.00 bits per heavy atom. The van der Waals surface area contributed by atoms with Crippen molar-refractivity contribution >= 4 is 23.3 Å². The summed E-state index contributed by atoms with van der Waals surface area (Å²) in [5.74, 6) is 0.131. The highest BCUT2D eigenvalue weighted by Crippen LogP contribution is 2.52. The molecule has 24 heavy (non-hydrogen) atoms. The minimum Gasteiger partial charge on any atom is -0.465 e. The van der Waals surface area contributed by atoms with E-state index in [0.29, 0.717) is 16.5 Å². The highest BCUT2D eigenvalue weighted by molar-refractivity contribution is 6.33. The molecule has 0 amide bonds. The Bertz CT molecular complexity index is 820. The molecule has 1 aromatic heterocycles. The van der Waals surface area contributed by atoms with E-state index < -0.39 is 0 Å². The number of pyridine rings is 1. The molecule has 0 radical (unpaired) electrons. The van der Waals surface area contributed by atoms with Crippen LogP contribution in [0.1, 0.15) is 39.9 Å². The van der Waals surface area contributed by atoms with Crippen molar-refractivity contribution in [2.75, 3.05) is 12.4 Å². The van der Waals surface area contributed by atoms with Gasteiger partial charge in [0.15, 0.2) is 0 Å². The fourth-order valence-corrected chi connectivity index (χ4v) is 4.07. The number of esters is 1. The number of nitrogens with one attached hydrogen (secondary N) is 1. The quantitative estimate of drug-likeness (QED) is 0.652. The van der Waals surface area contributed by atoms with Crippen LogP contribution in [-0.2, 0) is 4.74 Å². The standard InChI is InChI=1S/C19H17ClN2O2/c1-24-19(23)14-7-8-15(20)18-16(14)12-5-2-6-13(12)17(22-18)11-4-3-9-21-10-11/h2-5,7-10,12-13,17,22H,6H2,1H3/t12?,13?,17-/m1/s1. The van der Waals surface area contributed by atoms with E-state index in [4.69, 9.17) is 16.3 Å². The van der Waals surface area contributed by atoms with E-state index in [-0.39, 0.29) is 17.9 Å². The van der Waals surface area contributed by atoms with Crippen molar-refractivity contribution in [3.63, 3.8) is 0 Å². The molecule has 2 aromatic rings. The van der Waals surface area contributed by atoms with Crippen molar-refractivity contribution in [1.29, 1.82) is 0 Å². The van der Waals surface area contributed by atoms with E-state index in [1.807, 2.05) is 12.3 Å². The molecule has 4 rings (SSSR count). The monoisotopic (exact) mass is 340 g/mol. The second-order valence-corrected chi connectivity index (χ2v) is 6.54. The number of aromatic nitrogens is 1. The predicted molar refractivity (Wildman–Crippen MR) is 93.4 cm³/mol. The molecule has 2 heterocycles. The maximum atomic E-state index is 12.2. The minimum atomic E-state index is -0.330. The molecule has 0 fully saturated rings. The first-order valence-corrected chi connectivity index (χ1v) is 8.32. The van der Waals surface area contributed by atoms with Crippen LogP contribution in [0.4, 0.5) is 5.69 Å². The summed E-state index contributed by atoms with van der Waals surface area (Å²) in [5, 5.41) is 4.17. The average molecular weight is 341 g/mol. The zero-order valence-corrected chi connectivity index (χ0v) is 14.0. The molecular weight excluding hydrogens is 324 g/mol. The van der Waals surface area contributed by atoms with E-state index in [2.05, 4.69) is 28.5 Å². The minimum absolute atomic E-state index is 0.108. The van der Waals surface area contributed by atoms with E-state index >= 15 is 0 Å². The highest BCUT2D eigenvalue weighted by atomic mass is 35.5. The summed E-state index contributed by atoms with van der Waals surface area (Å²) in [6.45, 7) is 0.